The summed E-state index contributed by atoms with van der Waals surface area (Å²) in [4.78, 5) is 24.5. The Kier molecular flexibility index (Phi) is 6.46. The molecule has 5 nitrogen and oxygen atoms in total. The van der Waals surface area contributed by atoms with Crippen LogP contribution in [0.5, 0.6) is 0 Å². The Bertz CT molecular complexity index is 338. The Morgan fingerprint density at radius 2 is 1.95 bits per heavy atom. The van der Waals surface area contributed by atoms with E-state index in [1.54, 1.807) is 0 Å². The van der Waals surface area contributed by atoms with Gasteiger partial charge in [0.25, 0.3) is 0 Å². The van der Waals surface area contributed by atoms with E-state index in [1.807, 2.05) is 11.8 Å². The van der Waals surface area contributed by atoms with Gasteiger partial charge in [0, 0.05) is 19.0 Å². The third kappa shape index (κ3) is 6.37. The molecular weight excluding hydrogens is 256 g/mol. The van der Waals surface area contributed by atoms with Crippen LogP contribution in [0.3, 0.4) is 0 Å². The zero-order valence-electron chi connectivity index (χ0n) is 12.9. The van der Waals surface area contributed by atoms with Crippen LogP contribution in [0.2, 0.25) is 0 Å². The third-order valence-corrected chi connectivity index (χ3v) is 3.92. The summed E-state index contributed by atoms with van der Waals surface area (Å²) in [5, 5.41) is 11.9. The summed E-state index contributed by atoms with van der Waals surface area (Å²) >= 11 is 0. The van der Waals surface area contributed by atoms with Crippen LogP contribution in [0.15, 0.2) is 0 Å². The molecule has 1 saturated carbocycles. The second kappa shape index (κ2) is 7.62. The number of amides is 1. The lowest BCUT2D eigenvalue weighted by Gasteiger charge is -2.24. The van der Waals surface area contributed by atoms with Crippen molar-refractivity contribution in [1.29, 1.82) is 0 Å². The fourth-order valence-corrected chi connectivity index (χ4v) is 2.32. The molecular formula is C15H28N2O3. The van der Waals surface area contributed by atoms with E-state index in [1.165, 1.54) is 0 Å². The van der Waals surface area contributed by atoms with Gasteiger partial charge in [-0.15, -0.1) is 0 Å². The van der Waals surface area contributed by atoms with Crippen LogP contribution in [-0.2, 0) is 9.59 Å². The second-order valence-electron chi connectivity index (χ2n) is 6.40. The van der Waals surface area contributed by atoms with E-state index in [0.717, 1.165) is 32.4 Å². The maximum atomic E-state index is 12.0. The quantitative estimate of drug-likeness (QED) is 0.601. The van der Waals surface area contributed by atoms with Crippen LogP contribution in [-0.4, -0.2) is 47.6 Å². The molecule has 1 aliphatic rings. The van der Waals surface area contributed by atoms with E-state index >= 15 is 0 Å². The molecule has 20 heavy (non-hydrogen) atoms. The number of carboxylic acid groups (broad SMARTS) is 1. The van der Waals surface area contributed by atoms with Crippen molar-refractivity contribution in [1.82, 2.24) is 10.2 Å². The van der Waals surface area contributed by atoms with Gasteiger partial charge in [-0.3, -0.25) is 9.59 Å². The Hall–Kier alpha value is -1.10. The topological polar surface area (TPSA) is 69.6 Å². The number of hydrogen-bond acceptors (Lipinski definition) is 3. The van der Waals surface area contributed by atoms with Gasteiger partial charge in [0.2, 0.25) is 5.91 Å². The van der Waals surface area contributed by atoms with Gasteiger partial charge in [-0.1, -0.05) is 13.8 Å². The number of likely N-dealkylation sites (N-methyl/N-ethyl adjacent to an activating group) is 1. The maximum Gasteiger partial charge on any atom is 0.303 e. The molecule has 1 amide bonds. The van der Waals surface area contributed by atoms with E-state index in [9.17, 15) is 9.59 Å². The smallest absolute Gasteiger partial charge is 0.303 e. The molecule has 1 aliphatic carbocycles. The van der Waals surface area contributed by atoms with Crippen molar-refractivity contribution >= 4 is 11.9 Å². The van der Waals surface area contributed by atoms with Crippen molar-refractivity contribution in [2.24, 2.45) is 5.41 Å². The van der Waals surface area contributed by atoms with Crippen LogP contribution < -0.4 is 5.32 Å². The summed E-state index contributed by atoms with van der Waals surface area (Å²) in [6, 6.07) is 0.473. The molecule has 0 aromatic heterocycles. The van der Waals surface area contributed by atoms with Gasteiger partial charge in [-0.05, 0) is 44.6 Å². The molecule has 0 spiro atoms. The van der Waals surface area contributed by atoms with E-state index in [2.05, 4.69) is 19.2 Å². The highest BCUT2D eigenvalue weighted by Crippen LogP contribution is 2.27. The lowest BCUT2D eigenvalue weighted by atomic mass is 9.84. The van der Waals surface area contributed by atoms with Gasteiger partial charge < -0.3 is 15.3 Å². The molecule has 0 aliphatic heterocycles. The first-order valence-electron chi connectivity index (χ1n) is 7.57. The molecule has 0 saturated heterocycles. The molecule has 1 rings (SSSR count). The van der Waals surface area contributed by atoms with Crippen molar-refractivity contribution in [2.45, 2.75) is 58.9 Å². The van der Waals surface area contributed by atoms with Crippen LogP contribution in [0.4, 0.5) is 0 Å². The largest absolute Gasteiger partial charge is 0.481 e. The maximum absolute atomic E-state index is 12.0. The number of aliphatic carboxylic acids is 1. The number of carboxylic acids is 1. The number of carbonyl (C=O) groups excluding carboxylic acids is 1. The van der Waals surface area contributed by atoms with E-state index < -0.39 is 5.97 Å². The first-order valence-corrected chi connectivity index (χ1v) is 7.57. The predicted molar refractivity (Wildman–Crippen MR) is 78.5 cm³/mol. The molecule has 0 bridgehead atoms. The summed E-state index contributed by atoms with van der Waals surface area (Å²) in [6.07, 6.45) is 4.03. The first-order chi connectivity index (χ1) is 9.35. The zero-order chi connectivity index (χ0) is 15.2. The monoisotopic (exact) mass is 284 g/mol. The van der Waals surface area contributed by atoms with Gasteiger partial charge in [-0.25, -0.2) is 0 Å². The molecule has 0 heterocycles. The van der Waals surface area contributed by atoms with Gasteiger partial charge in [0.05, 0.1) is 6.54 Å². The van der Waals surface area contributed by atoms with Crippen molar-refractivity contribution < 1.29 is 14.7 Å². The fourth-order valence-electron chi connectivity index (χ4n) is 2.32. The highest BCUT2D eigenvalue weighted by molar-refractivity contribution is 5.78. The normalized spacial score (nSPS) is 15.2. The van der Waals surface area contributed by atoms with E-state index in [0.29, 0.717) is 19.0 Å². The molecule has 0 atom stereocenters. The lowest BCUT2D eigenvalue weighted by molar-refractivity contribution is -0.137. The minimum atomic E-state index is -0.746. The summed E-state index contributed by atoms with van der Waals surface area (Å²) in [6.45, 7) is 8.09. The van der Waals surface area contributed by atoms with Crippen LogP contribution >= 0.6 is 0 Å². The van der Waals surface area contributed by atoms with Crippen LogP contribution in [0.1, 0.15) is 52.9 Å². The molecule has 0 unspecified atom stereocenters. The number of nitrogens with zero attached hydrogens (tertiary/aromatic N) is 1. The summed E-state index contributed by atoms with van der Waals surface area (Å²) in [5.74, 6) is -0.567. The SMILES string of the molecule is CCN(C(=O)CNCCC(C)(C)CCC(=O)O)C1CC1. The molecule has 0 aromatic carbocycles. The molecule has 5 heteroatoms. The Morgan fingerprint density at radius 1 is 1.30 bits per heavy atom. The van der Waals surface area contributed by atoms with Crippen molar-refractivity contribution in [2.75, 3.05) is 19.6 Å². The number of rotatable bonds is 10. The molecule has 0 radical (unpaired) electrons. The number of carbonyl (C=O) groups is 2. The summed E-state index contributed by atoms with van der Waals surface area (Å²) in [7, 11) is 0. The van der Waals surface area contributed by atoms with Crippen molar-refractivity contribution in [3.05, 3.63) is 0 Å². The Morgan fingerprint density at radius 3 is 2.45 bits per heavy atom. The second-order valence-corrected chi connectivity index (χ2v) is 6.40. The molecule has 0 aromatic rings. The van der Waals surface area contributed by atoms with Gasteiger partial charge >= 0.3 is 5.97 Å². The van der Waals surface area contributed by atoms with Crippen LogP contribution in [0, 0.1) is 5.41 Å². The van der Waals surface area contributed by atoms with Gasteiger partial charge in [0.15, 0.2) is 0 Å². The zero-order valence-corrected chi connectivity index (χ0v) is 12.9. The minimum Gasteiger partial charge on any atom is -0.481 e. The van der Waals surface area contributed by atoms with Crippen LogP contribution in [0.25, 0.3) is 0 Å². The first kappa shape index (κ1) is 17.0. The predicted octanol–water partition coefficient (Wildman–Crippen LogP) is 1.87. The standard InChI is InChI=1S/C15H28N2O3/c1-4-17(12-5-6-12)13(18)11-16-10-9-15(2,3)8-7-14(19)20/h12,16H,4-11H2,1-3H3,(H,19,20). The highest BCUT2D eigenvalue weighted by atomic mass is 16.4. The summed E-state index contributed by atoms with van der Waals surface area (Å²) in [5.41, 5.74) is -0.00459. The molecule has 2 N–H and O–H groups in total. The molecule has 1 fully saturated rings. The third-order valence-electron chi connectivity index (χ3n) is 3.92. The Labute approximate surface area is 121 Å². The van der Waals surface area contributed by atoms with Crippen molar-refractivity contribution in [3.8, 4) is 0 Å². The van der Waals surface area contributed by atoms with E-state index in [-0.39, 0.29) is 17.7 Å². The number of nitrogens with one attached hydrogen (secondary N) is 1. The van der Waals surface area contributed by atoms with Crippen molar-refractivity contribution in [3.63, 3.8) is 0 Å². The lowest BCUT2D eigenvalue weighted by Crippen LogP contribution is -2.40. The average molecular weight is 284 g/mol. The minimum absolute atomic E-state index is 0.00459. The molecule has 116 valence electrons. The number of hydrogen-bond donors (Lipinski definition) is 2. The summed E-state index contributed by atoms with van der Waals surface area (Å²) < 4.78 is 0. The fraction of sp³-hybridized carbons (Fsp3) is 0.867. The van der Waals surface area contributed by atoms with Gasteiger partial charge in [0.1, 0.15) is 0 Å². The van der Waals surface area contributed by atoms with Gasteiger partial charge in [-0.2, -0.15) is 0 Å². The average Bonchev–Trinajstić information content (AvgIpc) is 3.18. The van der Waals surface area contributed by atoms with E-state index in [4.69, 9.17) is 5.11 Å². The Balaban J connectivity index is 2.16. The highest BCUT2D eigenvalue weighted by Gasteiger charge is 2.30.